The van der Waals surface area contributed by atoms with Crippen LogP contribution in [-0.4, -0.2) is 39.6 Å². The van der Waals surface area contributed by atoms with E-state index in [1.807, 2.05) is 17.7 Å². The number of aromatic nitrogens is 8. The molecule has 0 aliphatic heterocycles. The van der Waals surface area contributed by atoms with E-state index >= 15 is 0 Å². The molecule has 0 saturated carbocycles. The zero-order valence-electron chi connectivity index (χ0n) is 12.0. The van der Waals surface area contributed by atoms with Gasteiger partial charge in [-0.3, -0.25) is 9.67 Å². The lowest BCUT2D eigenvalue weighted by Gasteiger charge is -1.95. The molecule has 0 bridgehead atoms. The smallest absolute Gasteiger partial charge is 0.235 e. The summed E-state index contributed by atoms with van der Waals surface area (Å²) < 4.78 is 3.63. The van der Waals surface area contributed by atoms with Crippen LogP contribution in [0.5, 0.6) is 0 Å². The monoisotopic (exact) mass is 312 g/mol. The lowest BCUT2D eigenvalue weighted by atomic mass is 10.4. The quantitative estimate of drug-likeness (QED) is 0.573. The fourth-order valence-corrected chi connectivity index (χ4v) is 3.02. The van der Waals surface area contributed by atoms with Gasteiger partial charge in [-0.05, 0) is 19.9 Å². The van der Waals surface area contributed by atoms with E-state index < -0.39 is 0 Å². The molecular formula is C13H12N8S. The minimum atomic E-state index is 0.581. The number of nitrogens with zero attached hydrogens (tertiary/aromatic N) is 8. The molecule has 0 unspecified atom stereocenters. The molecule has 0 N–H and O–H groups in total. The van der Waals surface area contributed by atoms with Gasteiger partial charge in [0.25, 0.3) is 0 Å². The Morgan fingerprint density at radius 2 is 2.05 bits per heavy atom. The SMILES string of the molecule is CCn1nc(-c2nn3c(-c4cnccn4)nnc3s2)cc1C. The highest BCUT2D eigenvalue weighted by Gasteiger charge is 2.17. The minimum Gasteiger partial charge on any atom is -0.269 e. The van der Waals surface area contributed by atoms with E-state index in [2.05, 4.69) is 37.3 Å². The third-order valence-electron chi connectivity index (χ3n) is 3.28. The van der Waals surface area contributed by atoms with Crippen LogP contribution in [0.1, 0.15) is 12.6 Å². The van der Waals surface area contributed by atoms with Crippen LogP contribution in [0, 0.1) is 6.92 Å². The van der Waals surface area contributed by atoms with Gasteiger partial charge < -0.3 is 0 Å². The standard InChI is InChI=1S/C13H12N8S/c1-3-20-8(2)6-9(18-20)12-19-21-11(16-17-13(21)22-12)10-7-14-4-5-15-10/h4-7H,3H2,1-2H3. The highest BCUT2D eigenvalue weighted by Crippen LogP contribution is 2.26. The summed E-state index contributed by atoms with van der Waals surface area (Å²) in [4.78, 5) is 9.01. The van der Waals surface area contributed by atoms with E-state index in [0.29, 0.717) is 16.5 Å². The number of fused-ring (bicyclic) bond motifs is 1. The van der Waals surface area contributed by atoms with Gasteiger partial charge in [0.15, 0.2) is 5.01 Å². The summed E-state index contributed by atoms with van der Waals surface area (Å²) in [5, 5.41) is 18.2. The average Bonchev–Trinajstić information content (AvgIpc) is 3.21. The van der Waals surface area contributed by atoms with Crippen LogP contribution < -0.4 is 0 Å². The zero-order valence-corrected chi connectivity index (χ0v) is 12.8. The van der Waals surface area contributed by atoms with Gasteiger partial charge in [0.2, 0.25) is 10.8 Å². The molecule has 4 aromatic rings. The topological polar surface area (TPSA) is 86.7 Å². The Bertz CT molecular complexity index is 936. The van der Waals surface area contributed by atoms with E-state index in [1.165, 1.54) is 11.3 Å². The Kier molecular flexibility index (Phi) is 2.93. The van der Waals surface area contributed by atoms with Crippen molar-refractivity contribution >= 4 is 16.3 Å². The molecule has 0 fully saturated rings. The summed E-state index contributed by atoms with van der Waals surface area (Å²) in [6, 6.07) is 2.02. The van der Waals surface area contributed by atoms with E-state index in [0.717, 1.165) is 22.9 Å². The second-order valence-electron chi connectivity index (χ2n) is 4.70. The summed E-state index contributed by atoms with van der Waals surface area (Å²) in [5.74, 6) is 0.581. The van der Waals surface area contributed by atoms with Gasteiger partial charge in [-0.2, -0.15) is 14.7 Å². The first-order chi connectivity index (χ1) is 10.8. The van der Waals surface area contributed by atoms with Crippen molar-refractivity contribution < 1.29 is 0 Å². The number of hydrogen-bond donors (Lipinski definition) is 0. The Morgan fingerprint density at radius 3 is 2.77 bits per heavy atom. The second kappa shape index (κ2) is 4.95. The molecule has 9 heteroatoms. The van der Waals surface area contributed by atoms with Crippen LogP contribution in [0.25, 0.3) is 27.2 Å². The van der Waals surface area contributed by atoms with Gasteiger partial charge >= 0.3 is 0 Å². The predicted molar refractivity (Wildman–Crippen MR) is 81.3 cm³/mol. The average molecular weight is 312 g/mol. The highest BCUT2D eigenvalue weighted by atomic mass is 32.1. The van der Waals surface area contributed by atoms with Gasteiger partial charge in [0.05, 0.1) is 6.20 Å². The molecule has 110 valence electrons. The van der Waals surface area contributed by atoms with E-state index in [9.17, 15) is 0 Å². The van der Waals surface area contributed by atoms with Crippen molar-refractivity contribution in [2.75, 3.05) is 0 Å². The molecule has 0 aliphatic carbocycles. The van der Waals surface area contributed by atoms with Crippen molar-refractivity contribution in [2.45, 2.75) is 20.4 Å². The molecule has 4 heterocycles. The maximum Gasteiger partial charge on any atom is 0.235 e. The Hall–Kier alpha value is -2.68. The largest absolute Gasteiger partial charge is 0.269 e. The minimum absolute atomic E-state index is 0.581. The van der Waals surface area contributed by atoms with Gasteiger partial charge in [-0.25, -0.2) is 4.98 Å². The summed E-state index contributed by atoms with van der Waals surface area (Å²) >= 11 is 1.45. The molecule has 0 radical (unpaired) electrons. The maximum absolute atomic E-state index is 4.57. The molecule has 8 nitrogen and oxygen atoms in total. The van der Waals surface area contributed by atoms with Crippen LogP contribution in [-0.2, 0) is 6.54 Å². The van der Waals surface area contributed by atoms with E-state index in [-0.39, 0.29) is 0 Å². The number of rotatable bonds is 3. The van der Waals surface area contributed by atoms with E-state index in [4.69, 9.17) is 0 Å². The van der Waals surface area contributed by atoms with Crippen LogP contribution in [0.2, 0.25) is 0 Å². The van der Waals surface area contributed by atoms with Crippen LogP contribution >= 0.6 is 11.3 Å². The summed E-state index contributed by atoms with van der Waals surface area (Å²) in [5.41, 5.74) is 2.60. The molecule has 0 atom stereocenters. The fourth-order valence-electron chi connectivity index (χ4n) is 2.23. The second-order valence-corrected chi connectivity index (χ2v) is 5.66. The van der Waals surface area contributed by atoms with Crippen molar-refractivity contribution in [1.29, 1.82) is 0 Å². The summed E-state index contributed by atoms with van der Waals surface area (Å²) in [6.45, 7) is 4.93. The van der Waals surface area contributed by atoms with Gasteiger partial charge in [-0.1, -0.05) is 11.3 Å². The molecule has 0 aliphatic rings. The van der Waals surface area contributed by atoms with Gasteiger partial charge in [0, 0.05) is 24.6 Å². The van der Waals surface area contributed by atoms with Gasteiger partial charge in [-0.15, -0.1) is 10.2 Å². The molecule has 0 amide bonds. The lowest BCUT2D eigenvalue weighted by molar-refractivity contribution is 0.641. The summed E-state index contributed by atoms with van der Waals surface area (Å²) in [6.07, 6.45) is 4.88. The third kappa shape index (κ3) is 1.98. The summed E-state index contributed by atoms with van der Waals surface area (Å²) in [7, 11) is 0. The first kappa shape index (κ1) is 13.0. The first-order valence-electron chi connectivity index (χ1n) is 6.79. The lowest BCUT2D eigenvalue weighted by Crippen LogP contribution is -1.98. The van der Waals surface area contributed by atoms with E-state index in [1.54, 1.807) is 23.1 Å². The van der Waals surface area contributed by atoms with Crippen molar-refractivity contribution in [2.24, 2.45) is 0 Å². The Labute approximate surface area is 129 Å². The zero-order chi connectivity index (χ0) is 15.1. The molecule has 4 aromatic heterocycles. The van der Waals surface area contributed by atoms with Crippen molar-refractivity contribution in [3.05, 3.63) is 30.4 Å². The normalized spacial score (nSPS) is 11.4. The first-order valence-corrected chi connectivity index (χ1v) is 7.61. The predicted octanol–water partition coefficient (Wildman–Crippen LogP) is 1.83. The van der Waals surface area contributed by atoms with Crippen molar-refractivity contribution in [1.82, 2.24) is 39.6 Å². The number of hydrogen-bond acceptors (Lipinski definition) is 7. The molecule has 0 aromatic carbocycles. The number of aryl methyl sites for hydroxylation is 2. The van der Waals surface area contributed by atoms with Crippen molar-refractivity contribution in [3.63, 3.8) is 0 Å². The molecule has 0 spiro atoms. The fraction of sp³-hybridized carbons (Fsp3) is 0.231. The molecule has 0 saturated heterocycles. The third-order valence-corrected chi connectivity index (χ3v) is 4.20. The maximum atomic E-state index is 4.57. The van der Waals surface area contributed by atoms with Gasteiger partial charge in [0.1, 0.15) is 11.4 Å². The van der Waals surface area contributed by atoms with Crippen molar-refractivity contribution in [3.8, 4) is 22.2 Å². The Morgan fingerprint density at radius 1 is 1.14 bits per heavy atom. The molecule has 22 heavy (non-hydrogen) atoms. The van der Waals surface area contributed by atoms with Crippen LogP contribution in [0.3, 0.4) is 0 Å². The van der Waals surface area contributed by atoms with Crippen LogP contribution in [0.4, 0.5) is 0 Å². The Balaban J connectivity index is 1.83. The molecular weight excluding hydrogens is 300 g/mol. The molecule has 4 rings (SSSR count). The highest BCUT2D eigenvalue weighted by molar-refractivity contribution is 7.19. The van der Waals surface area contributed by atoms with Crippen LogP contribution in [0.15, 0.2) is 24.7 Å².